The minimum Gasteiger partial charge on any atom is -0.477 e. The van der Waals surface area contributed by atoms with Crippen molar-refractivity contribution < 1.29 is 14.7 Å². The molecule has 8 nitrogen and oxygen atoms in total. The summed E-state index contributed by atoms with van der Waals surface area (Å²) in [5, 5.41) is 14.1. The molecule has 3 heterocycles. The number of thiazole rings is 1. The third-order valence-corrected chi connectivity index (χ3v) is 5.88. The van der Waals surface area contributed by atoms with Gasteiger partial charge < -0.3 is 10.0 Å². The molecule has 4 aromatic rings. The third-order valence-electron chi connectivity index (χ3n) is 4.94. The second-order valence-electron chi connectivity index (χ2n) is 6.87. The monoisotopic (exact) mass is 429 g/mol. The van der Waals surface area contributed by atoms with Crippen molar-refractivity contribution in [3.05, 3.63) is 71.9 Å². The minimum atomic E-state index is -1.10. The lowest BCUT2D eigenvalue weighted by Crippen LogP contribution is -2.26. The van der Waals surface area contributed by atoms with Crippen LogP contribution in [0.4, 0.5) is 10.8 Å². The number of hydrogen-bond donors (Lipinski definition) is 2. The Bertz CT molecular complexity index is 1360. The maximum absolute atomic E-state index is 12.8. The first-order valence-electron chi connectivity index (χ1n) is 9.34. The molecule has 0 unspecified atom stereocenters. The van der Waals surface area contributed by atoms with Crippen LogP contribution in [0.2, 0.25) is 0 Å². The van der Waals surface area contributed by atoms with E-state index in [4.69, 9.17) is 0 Å². The Labute approximate surface area is 180 Å². The maximum atomic E-state index is 12.8. The molecule has 1 aliphatic rings. The molecule has 0 fully saturated rings. The van der Waals surface area contributed by atoms with E-state index >= 15 is 0 Å². The van der Waals surface area contributed by atoms with E-state index in [1.54, 1.807) is 37.4 Å². The predicted molar refractivity (Wildman–Crippen MR) is 120 cm³/mol. The van der Waals surface area contributed by atoms with Gasteiger partial charge >= 0.3 is 5.97 Å². The number of aromatic nitrogens is 2. The largest absolute Gasteiger partial charge is 0.477 e. The number of carboxylic acid groups (broad SMARTS) is 1. The molecule has 0 radical (unpaired) electrons. The van der Waals surface area contributed by atoms with E-state index in [-0.39, 0.29) is 17.3 Å². The number of rotatable bonds is 4. The zero-order valence-electron chi connectivity index (χ0n) is 16.2. The molecule has 0 atom stereocenters. The number of aromatic carboxylic acids is 1. The van der Waals surface area contributed by atoms with Crippen molar-refractivity contribution in [2.75, 3.05) is 17.4 Å². The van der Waals surface area contributed by atoms with Gasteiger partial charge in [0.25, 0.3) is 5.91 Å². The van der Waals surface area contributed by atoms with Gasteiger partial charge in [0, 0.05) is 18.2 Å². The van der Waals surface area contributed by atoms with Crippen LogP contribution in [-0.2, 0) is 4.79 Å². The summed E-state index contributed by atoms with van der Waals surface area (Å²) in [5.74, 6) is -1.34. The second kappa shape index (κ2) is 7.29. The smallest absolute Gasteiger partial charge is 0.354 e. The van der Waals surface area contributed by atoms with Crippen LogP contribution >= 0.6 is 11.3 Å². The number of nitrogens with one attached hydrogen (secondary N) is 1. The number of nitrogens with zero attached hydrogens (tertiary/aromatic N) is 4. The van der Waals surface area contributed by atoms with E-state index in [0.717, 1.165) is 10.2 Å². The molecular weight excluding hydrogens is 414 g/mol. The van der Waals surface area contributed by atoms with Crippen LogP contribution in [0.25, 0.3) is 21.5 Å². The summed E-state index contributed by atoms with van der Waals surface area (Å²) in [6, 6.07) is 17.9. The van der Waals surface area contributed by atoms with Crippen LogP contribution in [0.1, 0.15) is 16.1 Å². The first-order chi connectivity index (χ1) is 15.0. The zero-order valence-corrected chi connectivity index (χ0v) is 17.1. The summed E-state index contributed by atoms with van der Waals surface area (Å²) in [4.78, 5) is 34.2. The Balaban J connectivity index is 1.53. The number of hydrazone groups is 1. The van der Waals surface area contributed by atoms with Gasteiger partial charge in [-0.25, -0.2) is 14.8 Å². The number of pyridine rings is 1. The topological polar surface area (TPSA) is 108 Å². The molecule has 1 amide bonds. The number of amides is 1. The van der Waals surface area contributed by atoms with Gasteiger partial charge in [-0.3, -0.25) is 10.2 Å². The predicted octanol–water partition coefficient (Wildman–Crippen LogP) is 3.85. The van der Waals surface area contributed by atoms with E-state index in [2.05, 4.69) is 20.5 Å². The highest BCUT2D eigenvalue weighted by Crippen LogP contribution is 2.33. The standard InChI is InChI=1S/C22H15N5O3S/c1-27-17-10-9-12(14-6-4-7-16(23-14)21(29)30)11-13(17)19(20(27)28)25-26-22-24-15-5-2-3-8-18(15)31-22/h2-11H,1H3,(H,24,26)(H,29,30). The van der Waals surface area contributed by atoms with Crippen LogP contribution in [-0.4, -0.2) is 39.7 Å². The molecule has 0 bridgehead atoms. The van der Waals surface area contributed by atoms with Gasteiger partial charge in [-0.2, -0.15) is 5.10 Å². The van der Waals surface area contributed by atoms with Gasteiger partial charge in [-0.1, -0.05) is 35.6 Å². The van der Waals surface area contributed by atoms with Crippen molar-refractivity contribution in [2.45, 2.75) is 0 Å². The molecule has 0 saturated heterocycles. The Morgan fingerprint density at radius 3 is 2.74 bits per heavy atom. The first-order valence-corrected chi connectivity index (χ1v) is 10.2. The summed E-state index contributed by atoms with van der Waals surface area (Å²) < 4.78 is 1.02. The SMILES string of the molecule is CN1C(=O)C(=NNc2nc3ccccc3s2)c2cc(-c3cccc(C(=O)O)n3)ccc21. The van der Waals surface area contributed by atoms with E-state index < -0.39 is 5.97 Å². The lowest BCUT2D eigenvalue weighted by molar-refractivity contribution is -0.111. The molecule has 2 aromatic carbocycles. The van der Waals surface area contributed by atoms with Crippen molar-refractivity contribution in [3.8, 4) is 11.3 Å². The van der Waals surface area contributed by atoms with Crippen LogP contribution in [0, 0.1) is 0 Å². The van der Waals surface area contributed by atoms with Crippen molar-refractivity contribution in [3.63, 3.8) is 0 Å². The molecule has 0 aliphatic carbocycles. The van der Waals surface area contributed by atoms with Gasteiger partial charge in [0.2, 0.25) is 5.13 Å². The molecule has 152 valence electrons. The molecule has 9 heteroatoms. The van der Waals surface area contributed by atoms with Crippen LogP contribution in [0.15, 0.2) is 65.8 Å². The third kappa shape index (κ3) is 3.30. The van der Waals surface area contributed by atoms with Crippen molar-refractivity contribution >= 4 is 50.0 Å². The van der Waals surface area contributed by atoms with E-state index in [9.17, 15) is 14.7 Å². The van der Waals surface area contributed by atoms with Crippen molar-refractivity contribution in [1.29, 1.82) is 0 Å². The average Bonchev–Trinajstić information content (AvgIpc) is 3.31. The Morgan fingerprint density at radius 1 is 1.10 bits per heavy atom. The normalized spacial score (nSPS) is 14.3. The van der Waals surface area contributed by atoms with Gasteiger partial charge in [-0.15, -0.1) is 0 Å². The zero-order chi connectivity index (χ0) is 21.5. The highest BCUT2D eigenvalue weighted by Gasteiger charge is 2.32. The molecule has 5 rings (SSSR count). The lowest BCUT2D eigenvalue weighted by atomic mass is 10.0. The molecule has 2 N–H and O–H groups in total. The van der Waals surface area contributed by atoms with Gasteiger partial charge in [0.1, 0.15) is 5.69 Å². The van der Waals surface area contributed by atoms with Crippen LogP contribution in [0.3, 0.4) is 0 Å². The summed E-state index contributed by atoms with van der Waals surface area (Å²) >= 11 is 1.45. The highest BCUT2D eigenvalue weighted by molar-refractivity contribution is 7.22. The summed E-state index contributed by atoms with van der Waals surface area (Å²) in [7, 11) is 1.68. The number of carboxylic acids is 1. The van der Waals surface area contributed by atoms with E-state index in [1.807, 2.05) is 24.3 Å². The Kier molecular flexibility index (Phi) is 4.45. The number of carbonyl (C=O) groups excluding carboxylic acids is 1. The highest BCUT2D eigenvalue weighted by atomic mass is 32.1. The maximum Gasteiger partial charge on any atom is 0.354 e. The summed E-state index contributed by atoms with van der Waals surface area (Å²) in [6.45, 7) is 0. The fourth-order valence-corrected chi connectivity index (χ4v) is 4.22. The van der Waals surface area contributed by atoms with Crippen molar-refractivity contribution in [2.24, 2.45) is 5.10 Å². The van der Waals surface area contributed by atoms with Gasteiger partial charge in [0.05, 0.1) is 21.6 Å². The van der Waals surface area contributed by atoms with Crippen LogP contribution < -0.4 is 10.3 Å². The number of carbonyl (C=O) groups is 2. The second-order valence-corrected chi connectivity index (χ2v) is 7.90. The minimum absolute atomic E-state index is 0.0439. The molecular formula is C22H15N5O3S. The fourth-order valence-electron chi connectivity index (χ4n) is 3.41. The average molecular weight is 429 g/mol. The molecule has 0 spiro atoms. The molecule has 0 saturated carbocycles. The van der Waals surface area contributed by atoms with Crippen LogP contribution in [0.5, 0.6) is 0 Å². The fraction of sp³-hybridized carbons (Fsp3) is 0.0455. The number of fused-ring (bicyclic) bond motifs is 2. The van der Waals surface area contributed by atoms with Crippen molar-refractivity contribution in [1.82, 2.24) is 9.97 Å². The molecule has 31 heavy (non-hydrogen) atoms. The van der Waals surface area contributed by atoms with E-state index in [1.165, 1.54) is 22.3 Å². The molecule has 2 aromatic heterocycles. The Hall–Kier alpha value is -4.11. The lowest BCUT2D eigenvalue weighted by Gasteiger charge is -2.09. The number of anilines is 2. The van der Waals surface area contributed by atoms with E-state index in [0.29, 0.717) is 27.6 Å². The first kappa shape index (κ1) is 18.9. The molecule has 1 aliphatic heterocycles. The summed E-state index contributed by atoms with van der Waals surface area (Å²) in [6.07, 6.45) is 0. The summed E-state index contributed by atoms with van der Waals surface area (Å²) in [5.41, 5.74) is 6.53. The number of para-hydroxylation sites is 1. The number of likely N-dealkylation sites (N-methyl/N-ethyl adjacent to an activating group) is 1. The number of hydrogen-bond acceptors (Lipinski definition) is 7. The number of benzene rings is 2. The quantitative estimate of drug-likeness (QED) is 0.477. The van der Waals surface area contributed by atoms with Gasteiger partial charge in [0.15, 0.2) is 5.71 Å². The van der Waals surface area contributed by atoms with Gasteiger partial charge in [-0.05, 0) is 36.4 Å². The Morgan fingerprint density at radius 2 is 1.94 bits per heavy atom.